The van der Waals surface area contributed by atoms with E-state index < -0.39 is 0 Å². The van der Waals surface area contributed by atoms with Crippen LogP contribution in [0, 0.1) is 0 Å². The zero-order chi connectivity index (χ0) is 3.41. The summed E-state index contributed by atoms with van der Waals surface area (Å²) in [5.41, 5.74) is 0. The summed E-state index contributed by atoms with van der Waals surface area (Å²) in [5.74, 6) is 0. The molecule has 0 radical (unpaired) electrons. The number of hydrogen-bond acceptors (Lipinski definition) is 2. The molecule has 0 heterocycles. The molecule has 0 rings (SSSR count). The van der Waals surface area contributed by atoms with E-state index in [2.05, 4.69) is 4.52 Å². The Bertz CT molecular complexity index is 23.6. The number of hydrogen-bond donors (Lipinski definition) is 0. The van der Waals surface area contributed by atoms with Gasteiger partial charge in [0.25, 0.3) is 6.47 Å². The van der Waals surface area contributed by atoms with Gasteiger partial charge in [-0.2, -0.15) is 0 Å². The van der Waals surface area contributed by atoms with Crippen molar-refractivity contribution >= 4 is 64.8 Å². The first-order valence-electron chi connectivity index (χ1n) is 0.707. The molecule has 0 aliphatic rings. The molecular formula is CH5BaO2P. The van der Waals surface area contributed by atoms with Crippen LogP contribution in [-0.2, 0) is 9.32 Å². The molecule has 2 nitrogen and oxygen atoms in total. The topological polar surface area (TPSA) is 26.3 Å². The fourth-order valence-corrected chi connectivity index (χ4v) is 0. The molecule has 0 aromatic rings. The van der Waals surface area contributed by atoms with Crippen molar-refractivity contribution in [3.05, 3.63) is 0 Å². The van der Waals surface area contributed by atoms with Crippen molar-refractivity contribution in [2.24, 2.45) is 0 Å². The van der Waals surface area contributed by atoms with Crippen LogP contribution in [0.15, 0.2) is 0 Å². The average Bonchev–Trinajstić information content (AvgIpc) is 1.37. The Balaban J connectivity index is 0. The van der Waals surface area contributed by atoms with Crippen LogP contribution in [-0.4, -0.2) is 55.4 Å². The van der Waals surface area contributed by atoms with Crippen molar-refractivity contribution in [3.8, 4) is 0 Å². The van der Waals surface area contributed by atoms with E-state index >= 15 is 0 Å². The van der Waals surface area contributed by atoms with Crippen LogP contribution in [0.1, 0.15) is 0 Å². The van der Waals surface area contributed by atoms with Crippen LogP contribution >= 0.6 is 9.47 Å². The van der Waals surface area contributed by atoms with Gasteiger partial charge in [0.2, 0.25) is 0 Å². The predicted octanol–water partition coefficient (Wildman–Crippen LogP) is -0.967. The van der Waals surface area contributed by atoms with Crippen molar-refractivity contribution in [2.45, 2.75) is 0 Å². The summed E-state index contributed by atoms with van der Waals surface area (Å²) < 4.78 is 3.78. The molecule has 0 N–H and O–H groups in total. The molecule has 0 aliphatic carbocycles. The SMILES string of the molecule is O=COP.[BaH2]. The van der Waals surface area contributed by atoms with Gasteiger partial charge in [0, 0.05) is 0 Å². The van der Waals surface area contributed by atoms with Gasteiger partial charge < -0.3 is 4.52 Å². The Morgan fingerprint density at radius 1 is 1.80 bits per heavy atom. The van der Waals surface area contributed by atoms with Crippen LogP contribution in [0.4, 0.5) is 0 Å². The summed E-state index contributed by atoms with van der Waals surface area (Å²) in [5, 5.41) is 0. The van der Waals surface area contributed by atoms with Gasteiger partial charge in [-0.1, -0.05) is 0 Å². The summed E-state index contributed by atoms with van der Waals surface area (Å²) >= 11 is 0. The molecule has 0 spiro atoms. The van der Waals surface area contributed by atoms with Crippen LogP contribution in [0.2, 0.25) is 0 Å². The molecule has 0 fully saturated rings. The number of carbonyl (C=O) groups excluding carboxylic acids is 1. The second-order valence-corrected chi connectivity index (χ2v) is 0.504. The first kappa shape index (κ1) is 9.69. The summed E-state index contributed by atoms with van der Waals surface area (Å²) in [7, 11) is 1.79. The summed E-state index contributed by atoms with van der Waals surface area (Å²) in [6.45, 7) is 0.338. The van der Waals surface area contributed by atoms with E-state index in [1.807, 2.05) is 0 Å². The Kier molecular flexibility index (Phi) is 17.6. The average molecular weight is 217 g/mol. The van der Waals surface area contributed by atoms with Gasteiger partial charge in [0.1, 0.15) is 0 Å². The van der Waals surface area contributed by atoms with Crippen LogP contribution in [0.5, 0.6) is 0 Å². The third-order valence-corrected chi connectivity index (χ3v) is 0.167. The van der Waals surface area contributed by atoms with Crippen molar-refractivity contribution in [3.63, 3.8) is 0 Å². The molecule has 4 heteroatoms. The van der Waals surface area contributed by atoms with Gasteiger partial charge in [-0.3, -0.25) is 4.79 Å². The van der Waals surface area contributed by atoms with E-state index in [0.717, 1.165) is 0 Å². The molecule has 0 saturated carbocycles. The molecule has 0 amide bonds. The maximum absolute atomic E-state index is 8.93. The molecule has 0 bridgehead atoms. The van der Waals surface area contributed by atoms with Gasteiger partial charge in [0.15, 0.2) is 0 Å². The molecule has 1 atom stereocenters. The first-order chi connectivity index (χ1) is 1.91. The van der Waals surface area contributed by atoms with Gasteiger partial charge in [-0.05, 0) is 0 Å². The van der Waals surface area contributed by atoms with Gasteiger partial charge in [0.05, 0.1) is 9.47 Å². The van der Waals surface area contributed by atoms with Gasteiger partial charge in [-0.25, -0.2) is 0 Å². The Hall–Kier alpha value is 1.47. The Morgan fingerprint density at radius 3 is 2.00 bits per heavy atom. The predicted molar refractivity (Wildman–Crippen MR) is 25.4 cm³/mol. The molecule has 0 saturated heterocycles. The zero-order valence-electron chi connectivity index (χ0n) is 1.97. The van der Waals surface area contributed by atoms with Gasteiger partial charge in [-0.15, -0.1) is 0 Å². The van der Waals surface area contributed by atoms with E-state index in [1.54, 1.807) is 9.47 Å². The van der Waals surface area contributed by atoms with E-state index in [4.69, 9.17) is 4.79 Å². The zero-order valence-corrected chi connectivity index (χ0v) is 3.13. The molecule has 5 heavy (non-hydrogen) atoms. The Labute approximate surface area is 73.0 Å². The van der Waals surface area contributed by atoms with Crippen LogP contribution in [0.3, 0.4) is 0 Å². The van der Waals surface area contributed by atoms with E-state index in [0.29, 0.717) is 6.47 Å². The third kappa shape index (κ3) is 10.8. The molecule has 28 valence electrons. The monoisotopic (exact) mass is 218 g/mol. The van der Waals surface area contributed by atoms with E-state index in [-0.39, 0.29) is 48.9 Å². The number of rotatable bonds is 1. The second-order valence-electron chi connectivity index (χ2n) is 0.232. The van der Waals surface area contributed by atoms with Crippen LogP contribution in [0.25, 0.3) is 0 Å². The molecular weight excluding hydrogens is 212 g/mol. The maximum atomic E-state index is 8.93. The summed E-state index contributed by atoms with van der Waals surface area (Å²) in [6.07, 6.45) is 0. The molecule has 1 unspecified atom stereocenters. The fourth-order valence-electron chi connectivity index (χ4n) is 0. The minimum absolute atomic E-state index is 0. The third-order valence-electron chi connectivity index (χ3n) is 0.0556. The summed E-state index contributed by atoms with van der Waals surface area (Å²) in [4.78, 5) is 8.93. The van der Waals surface area contributed by atoms with Crippen LogP contribution < -0.4 is 0 Å². The van der Waals surface area contributed by atoms with Crippen molar-refractivity contribution in [1.82, 2.24) is 0 Å². The van der Waals surface area contributed by atoms with E-state index in [1.165, 1.54) is 0 Å². The number of carbonyl (C=O) groups is 1. The Morgan fingerprint density at radius 2 is 2.00 bits per heavy atom. The fraction of sp³-hybridized carbons (Fsp3) is 0. The molecule has 0 aromatic carbocycles. The van der Waals surface area contributed by atoms with Crippen molar-refractivity contribution in [2.75, 3.05) is 0 Å². The first-order valence-corrected chi connectivity index (χ1v) is 1.18. The van der Waals surface area contributed by atoms with Crippen molar-refractivity contribution in [1.29, 1.82) is 0 Å². The quantitative estimate of drug-likeness (QED) is 0.321. The van der Waals surface area contributed by atoms with Gasteiger partial charge >= 0.3 is 48.9 Å². The molecule has 0 aliphatic heterocycles. The second kappa shape index (κ2) is 9.08. The standard InChI is InChI=1S/CH3O2P.Ba.2H/c2-1-3-4;;;/h1H,4H2;;;. The minimum atomic E-state index is 0. The molecule has 0 aromatic heterocycles. The normalized spacial score (nSPS) is 4.20. The summed E-state index contributed by atoms with van der Waals surface area (Å²) in [6, 6.07) is 0. The van der Waals surface area contributed by atoms with E-state index in [9.17, 15) is 0 Å². The van der Waals surface area contributed by atoms with Crippen molar-refractivity contribution < 1.29 is 9.32 Å².